The lowest BCUT2D eigenvalue weighted by Crippen LogP contribution is -2.00. The van der Waals surface area contributed by atoms with E-state index in [1.807, 2.05) is 22.7 Å². The molecule has 0 saturated carbocycles. The van der Waals surface area contributed by atoms with Crippen molar-refractivity contribution < 1.29 is 0 Å². The zero-order chi connectivity index (χ0) is 33.9. The Morgan fingerprint density at radius 1 is 0.346 bits per heavy atom. The second-order valence-corrected chi connectivity index (χ2v) is 15.8. The van der Waals surface area contributed by atoms with Gasteiger partial charge >= 0.3 is 0 Å². The topological polar surface area (TPSA) is 9.86 Å². The fourth-order valence-corrected chi connectivity index (χ4v) is 11.0. The van der Waals surface area contributed by atoms with Gasteiger partial charge in [0.05, 0.1) is 27.8 Å². The van der Waals surface area contributed by atoms with Crippen molar-refractivity contribution in [3.8, 4) is 22.5 Å². The van der Waals surface area contributed by atoms with E-state index in [4.69, 9.17) is 0 Å². The van der Waals surface area contributed by atoms with Gasteiger partial charge in [-0.1, -0.05) is 109 Å². The Morgan fingerprint density at radius 2 is 0.962 bits per heavy atom. The highest BCUT2D eigenvalue weighted by Gasteiger charge is 2.22. The average Bonchev–Trinajstić information content (AvgIpc) is 3.95. The van der Waals surface area contributed by atoms with Crippen molar-refractivity contribution in [2.24, 2.45) is 0 Å². The van der Waals surface area contributed by atoms with Crippen LogP contribution in [0.2, 0.25) is 0 Å². The summed E-state index contributed by atoms with van der Waals surface area (Å²) < 4.78 is 10.3. The molecule has 8 aromatic carbocycles. The highest BCUT2D eigenvalue weighted by Crippen LogP contribution is 2.46. The molecule has 0 N–H and O–H groups in total. The van der Waals surface area contributed by atoms with Crippen LogP contribution in [0.3, 0.4) is 0 Å². The van der Waals surface area contributed by atoms with Gasteiger partial charge in [-0.15, -0.1) is 22.7 Å². The van der Waals surface area contributed by atoms with Crippen LogP contribution in [0.25, 0.3) is 106 Å². The molecule has 0 fully saturated rings. The summed E-state index contributed by atoms with van der Waals surface area (Å²) in [5, 5.41) is 10.4. The molecule has 12 rings (SSSR count). The minimum atomic E-state index is 1.15. The molecule has 0 radical (unpaired) electrons. The van der Waals surface area contributed by atoms with Gasteiger partial charge in [0.25, 0.3) is 0 Å². The lowest BCUT2D eigenvalue weighted by molar-refractivity contribution is 1.13. The second kappa shape index (κ2) is 10.7. The largest absolute Gasteiger partial charge is 0.307 e. The highest BCUT2D eigenvalue weighted by molar-refractivity contribution is 7.27. The molecule has 0 aliphatic carbocycles. The quantitative estimate of drug-likeness (QED) is 0.174. The third kappa shape index (κ3) is 3.88. The number of para-hydroxylation sites is 3. The molecule has 0 bridgehead atoms. The number of hydrogen-bond acceptors (Lipinski definition) is 2. The molecule has 4 aromatic heterocycles. The summed E-state index contributed by atoms with van der Waals surface area (Å²) >= 11 is 3.77. The number of nitrogens with zero attached hydrogens (tertiary/aromatic N) is 2. The first-order chi connectivity index (χ1) is 25.8. The maximum Gasteiger partial charge on any atom is 0.0782 e. The van der Waals surface area contributed by atoms with Crippen LogP contribution in [-0.2, 0) is 0 Å². The SMILES string of the molecule is c1cc(-c2ccc3sc4ccccc4c3c2)cc(-n2c3ccc4c5ccccc5sc4c3c3cccc(-n4c5ccccc5c5ccccc54)c32)c1. The number of fused-ring (bicyclic) bond motifs is 13. The number of benzene rings is 8. The highest BCUT2D eigenvalue weighted by atomic mass is 32.1. The van der Waals surface area contributed by atoms with E-state index in [-0.39, 0.29) is 0 Å². The standard InChI is InChI=1S/C48H28N2S2/c1-5-18-39-32(13-1)33-14-2-6-19-40(33)50(39)42-20-10-17-37-46-41(25-24-36-34-15-3-8-22-44(34)52-48(36)46)49(47(37)42)31-12-9-11-29(27-31)30-23-26-45-38(28-30)35-16-4-7-21-43(35)51-45/h1-28H. The van der Waals surface area contributed by atoms with E-state index in [0.29, 0.717) is 0 Å². The van der Waals surface area contributed by atoms with Gasteiger partial charge in [-0.25, -0.2) is 0 Å². The van der Waals surface area contributed by atoms with E-state index in [0.717, 1.165) is 5.69 Å². The molecule has 0 unspecified atom stereocenters. The van der Waals surface area contributed by atoms with E-state index < -0.39 is 0 Å². The van der Waals surface area contributed by atoms with Gasteiger partial charge in [-0.3, -0.25) is 0 Å². The lowest BCUT2D eigenvalue weighted by Gasteiger charge is -2.15. The summed E-state index contributed by atoms with van der Waals surface area (Å²) in [6, 6.07) is 62.9. The molecule has 4 heteroatoms. The van der Waals surface area contributed by atoms with Crippen LogP contribution in [-0.4, -0.2) is 9.13 Å². The second-order valence-electron chi connectivity index (χ2n) is 13.7. The Hall–Kier alpha value is -6.20. The van der Waals surface area contributed by atoms with E-state index in [9.17, 15) is 0 Å². The lowest BCUT2D eigenvalue weighted by atomic mass is 10.0. The molecule has 12 aromatic rings. The Labute approximate surface area is 306 Å². The van der Waals surface area contributed by atoms with E-state index in [1.165, 1.54) is 101 Å². The molecule has 52 heavy (non-hydrogen) atoms. The van der Waals surface area contributed by atoms with Crippen molar-refractivity contribution in [1.29, 1.82) is 0 Å². The Kier molecular flexibility index (Phi) is 5.84. The van der Waals surface area contributed by atoms with Gasteiger partial charge in [0.15, 0.2) is 0 Å². The molecule has 0 aliphatic heterocycles. The fourth-order valence-electron chi connectivity index (χ4n) is 8.67. The number of hydrogen-bond donors (Lipinski definition) is 0. The van der Waals surface area contributed by atoms with Crippen molar-refractivity contribution in [3.05, 3.63) is 170 Å². The fraction of sp³-hybridized carbons (Fsp3) is 0. The molecule has 242 valence electrons. The van der Waals surface area contributed by atoms with Crippen molar-refractivity contribution in [3.63, 3.8) is 0 Å². The molecular formula is C48H28N2S2. The van der Waals surface area contributed by atoms with Crippen LogP contribution in [0.15, 0.2) is 170 Å². The smallest absolute Gasteiger partial charge is 0.0782 e. The molecule has 0 atom stereocenters. The zero-order valence-electron chi connectivity index (χ0n) is 27.9. The van der Waals surface area contributed by atoms with Gasteiger partial charge in [0.2, 0.25) is 0 Å². The van der Waals surface area contributed by atoms with Crippen LogP contribution >= 0.6 is 22.7 Å². The van der Waals surface area contributed by atoms with Crippen LogP contribution in [0.1, 0.15) is 0 Å². The van der Waals surface area contributed by atoms with Crippen LogP contribution in [0.4, 0.5) is 0 Å². The minimum absolute atomic E-state index is 1.15. The van der Waals surface area contributed by atoms with Crippen molar-refractivity contribution >= 4 is 107 Å². The summed E-state index contributed by atoms with van der Waals surface area (Å²) in [4.78, 5) is 0. The van der Waals surface area contributed by atoms with Gasteiger partial charge in [0.1, 0.15) is 0 Å². The predicted octanol–water partition coefficient (Wildman–Crippen LogP) is 14.3. The summed E-state index contributed by atoms with van der Waals surface area (Å²) in [6.07, 6.45) is 0. The monoisotopic (exact) mass is 696 g/mol. The van der Waals surface area contributed by atoms with E-state index in [2.05, 4.69) is 179 Å². The Bertz CT molecular complexity index is 3370. The maximum atomic E-state index is 2.52. The van der Waals surface area contributed by atoms with Gasteiger partial charge in [-0.2, -0.15) is 0 Å². The van der Waals surface area contributed by atoms with Gasteiger partial charge < -0.3 is 9.13 Å². The molecule has 2 nitrogen and oxygen atoms in total. The van der Waals surface area contributed by atoms with Gasteiger partial charge in [-0.05, 0) is 71.8 Å². The summed E-state index contributed by atoms with van der Waals surface area (Å²) in [6.45, 7) is 0. The molecule has 0 saturated heterocycles. The average molecular weight is 697 g/mol. The van der Waals surface area contributed by atoms with E-state index >= 15 is 0 Å². The molecule has 0 spiro atoms. The Balaban J connectivity index is 1.20. The van der Waals surface area contributed by atoms with Crippen LogP contribution < -0.4 is 0 Å². The first-order valence-electron chi connectivity index (χ1n) is 17.7. The van der Waals surface area contributed by atoms with Crippen molar-refractivity contribution in [2.45, 2.75) is 0 Å². The number of thiophene rings is 2. The van der Waals surface area contributed by atoms with Gasteiger partial charge in [0, 0.05) is 67.6 Å². The first kappa shape index (κ1) is 28.5. The predicted molar refractivity (Wildman–Crippen MR) is 226 cm³/mol. The number of aromatic nitrogens is 2. The zero-order valence-corrected chi connectivity index (χ0v) is 29.5. The van der Waals surface area contributed by atoms with Crippen molar-refractivity contribution in [1.82, 2.24) is 9.13 Å². The van der Waals surface area contributed by atoms with Crippen LogP contribution in [0.5, 0.6) is 0 Å². The third-order valence-corrected chi connectivity index (χ3v) is 13.3. The normalized spacial score (nSPS) is 12.2. The molecule has 0 amide bonds. The van der Waals surface area contributed by atoms with Crippen molar-refractivity contribution in [2.75, 3.05) is 0 Å². The first-order valence-corrected chi connectivity index (χ1v) is 19.3. The molecule has 0 aliphatic rings. The summed E-state index contributed by atoms with van der Waals surface area (Å²) in [7, 11) is 0. The maximum absolute atomic E-state index is 2.52. The number of rotatable bonds is 3. The third-order valence-electron chi connectivity index (χ3n) is 10.9. The Morgan fingerprint density at radius 3 is 1.75 bits per heavy atom. The minimum Gasteiger partial charge on any atom is -0.307 e. The van der Waals surface area contributed by atoms with Crippen LogP contribution in [0, 0.1) is 0 Å². The summed E-state index contributed by atoms with van der Waals surface area (Å²) in [5.74, 6) is 0. The van der Waals surface area contributed by atoms with E-state index in [1.54, 1.807) is 0 Å². The molecule has 4 heterocycles. The summed E-state index contributed by atoms with van der Waals surface area (Å²) in [5.41, 5.74) is 9.63. The molecular weight excluding hydrogens is 669 g/mol.